The number of H-pyrrole nitrogens is 1. The van der Waals surface area contributed by atoms with Crippen molar-refractivity contribution < 1.29 is 4.74 Å². The van der Waals surface area contributed by atoms with E-state index in [4.69, 9.17) is 9.72 Å². The molecule has 5 rings (SSSR count). The average Bonchev–Trinajstić information content (AvgIpc) is 3.38. The SMILES string of the molecule is COc1cccc(Nc2nc(NC3CC4CCC3C4)c3nc[nH]c3n2)c1. The zero-order chi connectivity index (χ0) is 17.5. The summed E-state index contributed by atoms with van der Waals surface area (Å²) < 4.78 is 5.28. The van der Waals surface area contributed by atoms with Gasteiger partial charge in [0.1, 0.15) is 11.3 Å². The first-order valence-corrected chi connectivity index (χ1v) is 9.17. The van der Waals surface area contributed by atoms with Gasteiger partial charge in [-0.25, -0.2) is 4.98 Å². The van der Waals surface area contributed by atoms with Crippen LogP contribution in [0.4, 0.5) is 17.5 Å². The first-order chi connectivity index (χ1) is 12.8. The third-order valence-electron chi connectivity index (χ3n) is 5.67. The van der Waals surface area contributed by atoms with Crippen LogP contribution in [0.1, 0.15) is 25.7 Å². The summed E-state index contributed by atoms with van der Waals surface area (Å²) in [6.45, 7) is 0. The lowest BCUT2D eigenvalue weighted by molar-refractivity contribution is 0.415. The van der Waals surface area contributed by atoms with Crippen molar-refractivity contribution in [3.63, 3.8) is 0 Å². The Bertz CT molecular complexity index is 939. The van der Waals surface area contributed by atoms with Crippen molar-refractivity contribution in [3.05, 3.63) is 30.6 Å². The van der Waals surface area contributed by atoms with Crippen LogP contribution in [0, 0.1) is 11.8 Å². The van der Waals surface area contributed by atoms with Crippen molar-refractivity contribution in [1.29, 1.82) is 0 Å². The van der Waals surface area contributed by atoms with Crippen LogP contribution < -0.4 is 15.4 Å². The molecule has 3 atom stereocenters. The van der Waals surface area contributed by atoms with Crippen molar-refractivity contribution in [2.24, 2.45) is 11.8 Å². The van der Waals surface area contributed by atoms with E-state index in [-0.39, 0.29) is 0 Å². The summed E-state index contributed by atoms with van der Waals surface area (Å²) in [7, 11) is 1.66. The van der Waals surface area contributed by atoms with E-state index in [0.717, 1.165) is 40.3 Å². The molecule has 2 aliphatic carbocycles. The van der Waals surface area contributed by atoms with Crippen LogP contribution in [0.3, 0.4) is 0 Å². The van der Waals surface area contributed by atoms with E-state index in [1.165, 1.54) is 25.7 Å². The van der Waals surface area contributed by atoms with E-state index < -0.39 is 0 Å². The Hall–Kier alpha value is -2.83. The van der Waals surface area contributed by atoms with Gasteiger partial charge in [0.2, 0.25) is 5.95 Å². The summed E-state index contributed by atoms with van der Waals surface area (Å²) in [5.74, 6) is 3.78. The highest BCUT2D eigenvalue weighted by Crippen LogP contribution is 2.45. The molecule has 2 aliphatic rings. The highest BCUT2D eigenvalue weighted by atomic mass is 16.5. The molecule has 3 aromatic rings. The van der Waals surface area contributed by atoms with Gasteiger partial charge < -0.3 is 20.4 Å². The molecule has 0 saturated heterocycles. The van der Waals surface area contributed by atoms with Crippen molar-refractivity contribution in [3.8, 4) is 5.75 Å². The molecule has 2 heterocycles. The van der Waals surface area contributed by atoms with Crippen molar-refractivity contribution in [2.45, 2.75) is 31.7 Å². The summed E-state index contributed by atoms with van der Waals surface area (Å²) in [4.78, 5) is 16.8. The van der Waals surface area contributed by atoms with Gasteiger partial charge in [-0.3, -0.25) is 0 Å². The number of anilines is 3. The number of hydrogen-bond acceptors (Lipinski definition) is 6. The molecule has 1 aromatic carbocycles. The van der Waals surface area contributed by atoms with E-state index in [9.17, 15) is 0 Å². The van der Waals surface area contributed by atoms with E-state index in [2.05, 4.69) is 25.6 Å². The number of hydrogen-bond donors (Lipinski definition) is 3. The maximum Gasteiger partial charge on any atom is 0.231 e. The van der Waals surface area contributed by atoms with E-state index >= 15 is 0 Å². The fraction of sp³-hybridized carbons (Fsp3) is 0.421. The van der Waals surface area contributed by atoms with Gasteiger partial charge in [-0.05, 0) is 43.2 Å². The number of fused-ring (bicyclic) bond motifs is 3. The molecule has 0 aliphatic heterocycles. The Morgan fingerprint density at radius 3 is 2.96 bits per heavy atom. The van der Waals surface area contributed by atoms with Crippen LogP contribution in [0.5, 0.6) is 5.75 Å². The molecular weight excluding hydrogens is 328 g/mol. The lowest BCUT2D eigenvalue weighted by Crippen LogP contribution is -2.26. The van der Waals surface area contributed by atoms with Crippen LogP contribution in [0.25, 0.3) is 11.2 Å². The van der Waals surface area contributed by atoms with Crippen LogP contribution in [0.15, 0.2) is 30.6 Å². The lowest BCUT2D eigenvalue weighted by atomic mass is 9.95. The number of benzene rings is 1. The first-order valence-electron chi connectivity index (χ1n) is 9.17. The van der Waals surface area contributed by atoms with Crippen LogP contribution >= 0.6 is 0 Å². The number of nitrogens with one attached hydrogen (secondary N) is 3. The number of methoxy groups -OCH3 is 1. The number of aromatic nitrogens is 4. The molecule has 0 amide bonds. The molecule has 3 N–H and O–H groups in total. The summed E-state index contributed by atoms with van der Waals surface area (Å²) in [5.41, 5.74) is 2.41. The lowest BCUT2D eigenvalue weighted by Gasteiger charge is -2.23. The first kappa shape index (κ1) is 15.4. The Kier molecular flexibility index (Phi) is 3.65. The monoisotopic (exact) mass is 350 g/mol. The third kappa shape index (κ3) is 2.73. The fourth-order valence-electron chi connectivity index (χ4n) is 4.42. The summed E-state index contributed by atoms with van der Waals surface area (Å²) in [5, 5.41) is 6.92. The summed E-state index contributed by atoms with van der Waals surface area (Å²) in [6, 6.07) is 8.22. The summed E-state index contributed by atoms with van der Waals surface area (Å²) >= 11 is 0. The van der Waals surface area contributed by atoms with Crippen LogP contribution in [0.2, 0.25) is 0 Å². The number of ether oxygens (including phenoxy) is 1. The average molecular weight is 350 g/mol. The van der Waals surface area contributed by atoms with E-state index in [1.54, 1.807) is 13.4 Å². The van der Waals surface area contributed by atoms with Gasteiger partial charge >= 0.3 is 0 Å². The molecule has 2 fully saturated rings. The quantitative estimate of drug-likeness (QED) is 0.650. The number of imidazole rings is 1. The predicted octanol–water partition coefficient (Wildman–Crippen LogP) is 3.71. The molecule has 7 nitrogen and oxygen atoms in total. The molecule has 2 bridgehead atoms. The maximum absolute atomic E-state index is 5.28. The molecular formula is C19H22N6O. The van der Waals surface area contributed by atoms with E-state index in [1.807, 2.05) is 24.3 Å². The molecule has 7 heteroatoms. The second-order valence-electron chi connectivity index (χ2n) is 7.28. The molecule has 2 saturated carbocycles. The van der Waals surface area contributed by atoms with Gasteiger partial charge in [-0.15, -0.1) is 0 Å². The minimum atomic E-state index is 0.494. The Morgan fingerprint density at radius 2 is 2.15 bits per heavy atom. The van der Waals surface area contributed by atoms with Crippen LogP contribution in [-0.4, -0.2) is 33.1 Å². The van der Waals surface area contributed by atoms with E-state index in [0.29, 0.717) is 12.0 Å². The van der Waals surface area contributed by atoms with Gasteiger partial charge in [0.15, 0.2) is 11.5 Å². The molecule has 2 aromatic heterocycles. The Balaban J connectivity index is 1.45. The zero-order valence-electron chi connectivity index (χ0n) is 14.7. The number of rotatable bonds is 5. The standard InChI is InChI=1S/C19H22N6O/c1-26-14-4-2-3-13(9-14)22-19-24-17-16(20-10-21-17)18(25-19)23-15-8-11-5-6-12(15)7-11/h2-4,9-12,15H,5-8H2,1H3,(H3,20,21,22,23,24,25). The van der Waals surface area contributed by atoms with Crippen molar-refractivity contribution >= 4 is 28.6 Å². The molecule has 3 unspecified atom stereocenters. The third-order valence-corrected chi connectivity index (χ3v) is 5.67. The van der Waals surface area contributed by atoms with Crippen LogP contribution in [-0.2, 0) is 0 Å². The number of aromatic amines is 1. The smallest absolute Gasteiger partial charge is 0.231 e. The topological polar surface area (TPSA) is 87.8 Å². The van der Waals surface area contributed by atoms with Crippen molar-refractivity contribution in [1.82, 2.24) is 19.9 Å². The van der Waals surface area contributed by atoms with Gasteiger partial charge in [0.25, 0.3) is 0 Å². The largest absolute Gasteiger partial charge is 0.497 e. The van der Waals surface area contributed by atoms with Gasteiger partial charge in [0, 0.05) is 17.8 Å². The van der Waals surface area contributed by atoms with Gasteiger partial charge in [-0.1, -0.05) is 12.5 Å². The Labute approximate surface area is 151 Å². The number of nitrogens with zero attached hydrogens (tertiary/aromatic N) is 3. The maximum atomic E-state index is 5.28. The Morgan fingerprint density at radius 1 is 1.19 bits per heavy atom. The normalized spacial score (nSPS) is 24.1. The molecule has 0 spiro atoms. The predicted molar refractivity (Wildman–Crippen MR) is 101 cm³/mol. The highest BCUT2D eigenvalue weighted by molar-refractivity contribution is 5.84. The van der Waals surface area contributed by atoms with Crippen molar-refractivity contribution in [2.75, 3.05) is 17.7 Å². The summed E-state index contributed by atoms with van der Waals surface area (Å²) in [6.07, 6.45) is 6.96. The highest BCUT2D eigenvalue weighted by Gasteiger charge is 2.39. The molecule has 134 valence electrons. The fourth-order valence-corrected chi connectivity index (χ4v) is 4.42. The van der Waals surface area contributed by atoms with Gasteiger partial charge in [0.05, 0.1) is 13.4 Å². The zero-order valence-corrected chi connectivity index (χ0v) is 14.7. The minimum absolute atomic E-state index is 0.494. The molecule has 0 radical (unpaired) electrons. The molecule has 26 heavy (non-hydrogen) atoms. The second kappa shape index (κ2) is 6.16. The minimum Gasteiger partial charge on any atom is -0.497 e. The van der Waals surface area contributed by atoms with Gasteiger partial charge in [-0.2, -0.15) is 9.97 Å². The second-order valence-corrected chi connectivity index (χ2v) is 7.28.